The van der Waals surface area contributed by atoms with Crippen LogP contribution in [0.2, 0.25) is 5.79 Å². The number of carbonyl (C=O) groups is 1. The molecule has 0 unspecified atom stereocenters. The summed E-state index contributed by atoms with van der Waals surface area (Å²) in [7, 11) is 1.29. The number of hydrogen-bond acceptors (Lipinski definition) is 4. The summed E-state index contributed by atoms with van der Waals surface area (Å²) in [5, 5.41) is 0.375. The minimum atomic E-state index is -0.472. The zero-order valence-electron chi connectivity index (χ0n) is 11.6. The Morgan fingerprint density at radius 3 is 2.53 bits per heavy atom. The Kier molecular flexibility index (Phi) is 8.51. The van der Waals surface area contributed by atoms with E-state index in [9.17, 15) is 9.59 Å². The van der Waals surface area contributed by atoms with E-state index in [4.69, 9.17) is 0 Å². The quantitative estimate of drug-likeness (QED) is 0.638. The van der Waals surface area contributed by atoms with Crippen LogP contribution in [-0.4, -0.2) is 39.3 Å². The van der Waals surface area contributed by atoms with Gasteiger partial charge in [0.15, 0.2) is 0 Å². The molecule has 0 aliphatic heterocycles. The van der Waals surface area contributed by atoms with Crippen molar-refractivity contribution in [2.45, 2.75) is 19.6 Å². The van der Waals surface area contributed by atoms with Gasteiger partial charge in [-0.25, -0.2) is 9.78 Å². The van der Waals surface area contributed by atoms with E-state index in [1.54, 1.807) is 12.1 Å². The van der Waals surface area contributed by atoms with Gasteiger partial charge >= 0.3 is 5.97 Å². The lowest BCUT2D eigenvalue weighted by atomic mass is 10.1. The Labute approximate surface area is 120 Å². The molecule has 5 nitrogen and oxygen atoms in total. The molecule has 0 bridgehead atoms. The van der Waals surface area contributed by atoms with E-state index in [2.05, 4.69) is 31.0 Å². The fourth-order valence-electron chi connectivity index (χ4n) is 1.31. The Hall–Kier alpha value is -1.64. The maximum Gasteiger partial charge on any atom is 0.337 e. The normalized spacial score (nSPS) is 8.63. The highest BCUT2D eigenvalue weighted by molar-refractivity contribution is 6.05. The molecular formula is C13H17AlN2O3. The second-order valence-electron chi connectivity index (χ2n) is 2.96. The van der Waals surface area contributed by atoms with E-state index < -0.39 is 5.97 Å². The Balaban J connectivity index is 0.000000741. The summed E-state index contributed by atoms with van der Waals surface area (Å²) < 4.78 is 4.55. The van der Waals surface area contributed by atoms with Gasteiger partial charge < -0.3 is 9.72 Å². The SMILES string of the molecule is CC.COC(=O)c1ccc2nc[nH]c(=O)c2c1.[CH3][Al]. The average Bonchev–Trinajstić information content (AvgIpc) is 2.50. The van der Waals surface area contributed by atoms with E-state index >= 15 is 0 Å². The topological polar surface area (TPSA) is 72.0 Å². The van der Waals surface area contributed by atoms with E-state index in [1.807, 2.05) is 19.6 Å². The maximum absolute atomic E-state index is 11.4. The number of esters is 1. The molecule has 2 aromatic rings. The van der Waals surface area contributed by atoms with E-state index in [0.717, 1.165) is 0 Å². The van der Waals surface area contributed by atoms with Crippen molar-refractivity contribution in [2.75, 3.05) is 7.11 Å². The van der Waals surface area contributed by atoms with Crippen molar-refractivity contribution in [1.29, 1.82) is 0 Å². The van der Waals surface area contributed by atoms with Gasteiger partial charge in [-0.1, -0.05) is 13.8 Å². The molecule has 0 aliphatic rings. The molecule has 6 heteroatoms. The molecule has 0 amide bonds. The van der Waals surface area contributed by atoms with Crippen molar-refractivity contribution in [1.82, 2.24) is 9.97 Å². The minimum Gasteiger partial charge on any atom is -0.465 e. The first-order valence-corrected chi connectivity index (χ1v) is 7.01. The number of methoxy groups -OCH3 is 1. The van der Waals surface area contributed by atoms with Crippen LogP contribution in [0.1, 0.15) is 24.2 Å². The zero-order chi connectivity index (χ0) is 14.8. The standard InChI is InChI=1S/C10H8N2O3.C2H6.CH3.Al/c1-15-10(14)6-2-3-8-7(4-6)9(13)12-5-11-8;1-2;;/h2-5H,1H3,(H,11,12,13);1-2H3;1H3;. The lowest BCUT2D eigenvalue weighted by Crippen LogP contribution is -2.08. The lowest BCUT2D eigenvalue weighted by molar-refractivity contribution is 0.0601. The molecule has 1 N–H and O–H groups in total. The molecule has 0 aliphatic carbocycles. The number of ether oxygens (including phenoxy) is 1. The summed E-state index contributed by atoms with van der Waals surface area (Å²) in [6.07, 6.45) is 1.32. The highest BCUT2D eigenvalue weighted by Crippen LogP contribution is 2.09. The van der Waals surface area contributed by atoms with Crippen LogP contribution in [0.15, 0.2) is 29.3 Å². The van der Waals surface area contributed by atoms with E-state index in [-0.39, 0.29) is 5.56 Å². The van der Waals surface area contributed by atoms with Gasteiger partial charge in [-0.05, 0) is 18.2 Å². The van der Waals surface area contributed by atoms with Gasteiger partial charge in [0.2, 0.25) is 0 Å². The summed E-state index contributed by atoms with van der Waals surface area (Å²) in [6.45, 7) is 4.00. The van der Waals surface area contributed by atoms with Crippen LogP contribution >= 0.6 is 0 Å². The van der Waals surface area contributed by atoms with Crippen LogP contribution in [0, 0.1) is 0 Å². The summed E-state index contributed by atoms with van der Waals surface area (Å²) >= 11 is 2.42. The third-order valence-corrected chi connectivity index (χ3v) is 2.06. The molecule has 1 aromatic heterocycles. The molecule has 19 heavy (non-hydrogen) atoms. The molecule has 0 saturated carbocycles. The van der Waals surface area contributed by atoms with Crippen molar-refractivity contribution < 1.29 is 9.53 Å². The number of rotatable bonds is 1. The first kappa shape index (κ1) is 17.4. The third kappa shape index (κ3) is 4.51. The Morgan fingerprint density at radius 1 is 1.32 bits per heavy atom. The predicted octanol–water partition coefficient (Wildman–Crippen LogP) is 1.94. The highest BCUT2D eigenvalue weighted by atomic mass is 27.0. The van der Waals surface area contributed by atoms with Gasteiger partial charge in [0.05, 0.1) is 29.9 Å². The predicted molar refractivity (Wildman–Crippen MR) is 76.7 cm³/mol. The second kappa shape index (κ2) is 9.31. The number of fused-ring (bicyclic) bond motifs is 1. The van der Waals surface area contributed by atoms with Crippen molar-refractivity contribution in [2.24, 2.45) is 0 Å². The summed E-state index contributed by atoms with van der Waals surface area (Å²) in [4.78, 5) is 29.0. The van der Waals surface area contributed by atoms with Crippen molar-refractivity contribution in [3.05, 3.63) is 40.4 Å². The number of aromatic amines is 1. The zero-order valence-corrected chi connectivity index (χ0v) is 12.7. The van der Waals surface area contributed by atoms with Crippen LogP contribution in [0.25, 0.3) is 10.9 Å². The molecule has 1 aromatic carbocycles. The number of nitrogens with one attached hydrogen (secondary N) is 1. The smallest absolute Gasteiger partial charge is 0.337 e. The number of aromatic nitrogens is 2. The fraction of sp³-hybridized carbons (Fsp3) is 0.308. The van der Waals surface area contributed by atoms with Crippen LogP contribution in [0.4, 0.5) is 0 Å². The van der Waals surface area contributed by atoms with Gasteiger partial charge in [0.1, 0.15) is 16.3 Å². The molecular weight excluding hydrogens is 259 g/mol. The van der Waals surface area contributed by atoms with Crippen LogP contribution in [0.3, 0.4) is 0 Å². The first-order chi connectivity index (χ1) is 9.22. The molecule has 1 heterocycles. The molecule has 0 saturated heterocycles. The second-order valence-corrected chi connectivity index (χ2v) is 2.96. The van der Waals surface area contributed by atoms with Crippen LogP contribution in [0.5, 0.6) is 0 Å². The summed E-state index contributed by atoms with van der Waals surface area (Å²) in [5.41, 5.74) is 0.612. The molecule has 2 rings (SSSR count). The summed E-state index contributed by atoms with van der Waals surface area (Å²) in [5.74, 6) is 1.44. The van der Waals surface area contributed by atoms with Gasteiger partial charge in [-0.15, -0.1) is 5.79 Å². The third-order valence-electron chi connectivity index (χ3n) is 2.06. The van der Waals surface area contributed by atoms with E-state index in [0.29, 0.717) is 16.5 Å². The molecule has 0 fully saturated rings. The van der Waals surface area contributed by atoms with Gasteiger partial charge in [-0.3, -0.25) is 4.79 Å². The Bertz CT molecular complexity index is 581. The number of H-pyrrole nitrogens is 1. The maximum atomic E-state index is 11.4. The van der Waals surface area contributed by atoms with Crippen molar-refractivity contribution in [3.63, 3.8) is 0 Å². The van der Waals surface area contributed by atoms with Gasteiger partial charge in [-0.2, -0.15) is 0 Å². The fourth-order valence-corrected chi connectivity index (χ4v) is 1.31. The van der Waals surface area contributed by atoms with Crippen LogP contribution in [-0.2, 0) is 4.74 Å². The van der Waals surface area contributed by atoms with Gasteiger partial charge in [0, 0.05) is 0 Å². The lowest BCUT2D eigenvalue weighted by Gasteiger charge is -2.00. The number of benzene rings is 1. The monoisotopic (exact) mass is 276 g/mol. The summed E-state index contributed by atoms with van der Waals surface area (Å²) in [6, 6.07) is 4.64. The number of carbonyl (C=O) groups excluding carboxylic acids is 1. The molecule has 0 spiro atoms. The number of nitrogens with zero attached hydrogens (tertiary/aromatic N) is 1. The molecule has 0 atom stereocenters. The van der Waals surface area contributed by atoms with Crippen molar-refractivity contribution >= 4 is 33.2 Å². The van der Waals surface area contributed by atoms with Crippen LogP contribution < -0.4 is 5.56 Å². The minimum absolute atomic E-state index is 0.272. The van der Waals surface area contributed by atoms with Gasteiger partial charge in [0.25, 0.3) is 5.56 Å². The largest absolute Gasteiger partial charge is 0.465 e. The van der Waals surface area contributed by atoms with E-state index in [1.165, 1.54) is 19.5 Å². The Morgan fingerprint density at radius 2 is 1.95 bits per heavy atom. The molecule has 100 valence electrons. The molecule has 2 radical (unpaired) electrons. The average molecular weight is 276 g/mol. The number of hydrogen-bond donors (Lipinski definition) is 1. The highest BCUT2D eigenvalue weighted by Gasteiger charge is 2.07. The van der Waals surface area contributed by atoms with Crippen molar-refractivity contribution in [3.8, 4) is 0 Å². The first-order valence-electron chi connectivity index (χ1n) is 5.86.